The van der Waals surface area contributed by atoms with Crippen molar-refractivity contribution in [2.75, 3.05) is 5.75 Å². The molecule has 2 aromatic rings. The molecule has 0 aliphatic heterocycles. The van der Waals surface area contributed by atoms with Crippen molar-refractivity contribution >= 4 is 28.1 Å². The minimum atomic E-state index is 0.467. The van der Waals surface area contributed by atoms with E-state index < -0.39 is 0 Å². The van der Waals surface area contributed by atoms with Gasteiger partial charge >= 0.3 is 0 Å². The van der Waals surface area contributed by atoms with Crippen molar-refractivity contribution in [3.8, 4) is 0 Å². The van der Waals surface area contributed by atoms with E-state index in [1.165, 1.54) is 11.3 Å². The molecule has 0 bridgehead atoms. The van der Waals surface area contributed by atoms with E-state index >= 15 is 0 Å². The first kappa shape index (κ1) is 9.88. The molecule has 76 valence electrons. The molecule has 0 aliphatic rings. The Hall–Kier alpha value is -0.660. The van der Waals surface area contributed by atoms with Crippen LogP contribution < -0.4 is 5.73 Å². The standard InChI is InChI=1S/C7H11N5S2/c1-2-13-4-5-9-10-7-12(5)11-6(3-8)14-7/h2-4,8H2,1H3. The molecule has 2 N–H and O–H groups in total. The molecule has 14 heavy (non-hydrogen) atoms. The van der Waals surface area contributed by atoms with E-state index in [1.54, 1.807) is 4.52 Å². The number of hydrogen-bond acceptors (Lipinski definition) is 6. The summed E-state index contributed by atoms with van der Waals surface area (Å²) < 4.78 is 1.79. The second-order valence-electron chi connectivity index (χ2n) is 2.65. The van der Waals surface area contributed by atoms with Crippen molar-refractivity contribution in [2.24, 2.45) is 5.73 Å². The van der Waals surface area contributed by atoms with Crippen molar-refractivity contribution in [3.63, 3.8) is 0 Å². The van der Waals surface area contributed by atoms with Gasteiger partial charge in [-0.05, 0) is 5.75 Å². The van der Waals surface area contributed by atoms with Crippen LogP contribution in [-0.4, -0.2) is 25.6 Å². The quantitative estimate of drug-likeness (QED) is 0.843. The van der Waals surface area contributed by atoms with Gasteiger partial charge in [-0.3, -0.25) is 0 Å². The highest BCUT2D eigenvalue weighted by Crippen LogP contribution is 2.16. The molecule has 5 nitrogen and oxygen atoms in total. The zero-order valence-corrected chi connectivity index (χ0v) is 9.44. The van der Waals surface area contributed by atoms with Crippen molar-refractivity contribution in [1.29, 1.82) is 0 Å². The van der Waals surface area contributed by atoms with Crippen LogP contribution >= 0.6 is 23.1 Å². The molecule has 2 aromatic heterocycles. The van der Waals surface area contributed by atoms with E-state index in [1.807, 2.05) is 11.8 Å². The Balaban J connectivity index is 2.30. The Kier molecular flexibility index (Phi) is 2.99. The minimum Gasteiger partial charge on any atom is -0.324 e. The number of nitrogens with zero attached hydrogens (tertiary/aromatic N) is 4. The van der Waals surface area contributed by atoms with Gasteiger partial charge in [-0.15, -0.1) is 10.2 Å². The van der Waals surface area contributed by atoms with E-state index in [2.05, 4.69) is 22.2 Å². The lowest BCUT2D eigenvalue weighted by atomic mass is 10.7. The number of thioether (sulfide) groups is 1. The summed E-state index contributed by atoms with van der Waals surface area (Å²) in [5.41, 5.74) is 5.50. The van der Waals surface area contributed by atoms with Crippen molar-refractivity contribution in [2.45, 2.75) is 19.2 Å². The predicted octanol–water partition coefficient (Wildman–Crippen LogP) is 0.898. The highest BCUT2D eigenvalue weighted by molar-refractivity contribution is 7.98. The largest absolute Gasteiger partial charge is 0.324 e. The third kappa shape index (κ3) is 1.75. The Morgan fingerprint density at radius 1 is 1.50 bits per heavy atom. The van der Waals surface area contributed by atoms with Gasteiger partial charge in [0.25, 0.3) is 0 Å². The average molecular weight is 229 g/mol. The highest BCUT2D eigenvalue weighted by Gasteiger charge is 2.09. The van der Waals surface area contributed by atoms with Crippen LogP contribution in [0.1, 0.15) is 17.8 Å². The Labute approximate surface area is 89.7 Å². The first-order chi connectivity index (χ1) is 6.85. The summed E-state index contributed by atoms with van der Waals surface area (Å²) in [5.74, 6) is 2.83. The minimum absolute atomic E-state index is 0.467. The third-order valence-corrected chi connectivity index (χ3v) is 3.50. The van der Waals surface area contributed by atoms with Gasteiger partial charge in [-0.1, -0.05) is 18.3 Å². The lowest BCUT2D eigenvalue weighted by Gasteiger charge is -1.93. The molecular weight excluding hydrogens is 218 g/mol. The number of fused-ring (bicyclic) bond motifs is 1. The average Bonchev–Trinajstić information content (AvgIpc) is 2.74. The van der Waals surface area contributed by atoms with E-state index in [0.29, 0.717) is 6.54 Å². The predicted molar refractivity (Wildman–Crippen MR) is 58.4 cm³/mol. The van der Waals surface area contributed by atoms with Crippen LogP contribution in [0.15, 0.2) is 0 Å². The second-order valence-corrected chi connectivity index (χ2v) is 4.96. The van der Waals surface area contributed by atoms with Crippen LogP contribution in [-0.2, 0) is 12.3 Å². The molecule has 0 saturated heterocycles. The zero-order valence-electron chi connectivity index (χ0n) is 7.80. The van der Waals surface area contributed by atoms with E-state index in [0.717, 1.165) is 27.3 Å². The van der Waals surface area contributed by atoms with Gasteiger partial charge in [-0.25, -0.2) is 0 Å². The zero-order chi connectivity index (χ0) is 9.97. The SMILES string of the molecule is CCSCc1nnc2sc(CN)nn12. The van der Waals surface area contributed by atoms with Crippen LogP contribution in [0.5, 0.6) is 0 Å². The van der Waals surface area contributed by atoms with Crippen LogP contribution in [0, 0.1) is 0 Å². The van der Waals surface area contributed by atoms with Crippen LogP contribution in [0.4, 0.5) is 0 Å². The first-order valence-corrected chi connectivity index (χ1v) is 6.30. The molecule has 0 amide bonds. The Morgan fingerprint density at radius 3 is 3.07 bits per heavy atom. The van der Waals surface area contributed by atoms with Crippen molar-refractivity contribution in [1.82, 2.24) is 19.8 Å². The smallest absolute Gasteiger partial charge is 0.234 e. The van der Waals surface area contributed by atoms with Crippen molar-refractivity contribution in [3.05, 3.63) is 10.8 Å². The van der Waals surface area contributed by atoms with Gasteiger partial charge in [0.15, 0.2) is 5.82 Å². The van der Waals surface area contributed by atoms with E-state index in [-0.39, 0.29) is 0 Å². The van der Waals surface area contributed by atoms with Gasteiger partial charge in [0.05, 0.1) is 5.75 Å². The van der Waals surface area contributed by atoms with Gasteiger partial charge in [0.1, 0.15) is 5.01 Å². The maximum absolute atomic E-state index is 5.50. The molecular formula is C7H11N5S2. The molecule has 2 heterocycles. The lowest BCUT2D eigenvalue weighted by molar-refractivity contribution is 0.843. The normalized spacial score (nSPS) is 11.3. The number of rotatable bonds is 4. The van der Waals surface area contributed by atoms with E-state index in [9.17, 15) is 0 Å². The third-order valence-electron chi connectivity index (χ3n) is 1.71. The van der Waals surface area contributed by atoms with Gasteiger partial charge in [-0.2, -0.15) is 21.4 Å². The first-order valence-electron chi connectivity index (χ1n) is 4.33. The highest BCUT2D eigenvalue weighted by atomic mass is 32.2. The summed E-state index contributed by atoms with van der Waals surface area (Å²) in [7, 11) is 0. The maximum Gasteiger partial charge on any atom is 0.234 e. The van der Waals surface area contributed by atoms with Gasteiger partial charge in [0, 0.05) is 6.54 Å². The fraction of sp³-hybridized carbons (Fsp3) is 0.571. The summed E-state index contributed by atoms with van der Waals surface area (Å²) in [6, 6.07) is 0. The molecule has 0 aliphatic carbocycles. The van der Waals surface area contributed by atoms with Crippen molar-refractivity contribution < 1.29 is 0 Å². The van der Waals surface area contributed by atoms with Gasteiger partial charge < -0.3 is 5.73 Å². The molecule has 0 saturated carbocycles. The van der Waals surface area contributed by atoms with Crippen LogP contribution in [0.3, 0.4) is 0 Å². The Morgan fingerprint density at radius 2 is 2.36 bits per heavy atom. The fourth-order valence-electron chi connectivity index (χ4n) is 1.06. The van der Waals surface area contributed by atoms with E-state index in [4.69, 9.17) is 5.73 Å². The van der Waals surface area contributed by atoms with Crippen LogP contribution in [0.25, 0.3) is 4.96 Å². The van der Waals surface area contributed by atoms with Gasteiger partial charge in [0.2, 0.25) is 4.96 Å². The summed E-state index contributed by atoms with van der Waals surface area (Å²) >= 11 is 3.30. The molecule has 2 rings (SSSR count). The summed E-state index contributed by atoms with van der Waals surface area (Å²) in [6.45, 7) is 2.59. The Bertz CT molecular complexity index is 421. The number of nitrogens with two attached hydrogens (primary N) is 1. The summed E-state index contributed by atoms with van der Waals surface area (Å²) in [6.07, 6.45) is 0. The topological polar surface area (TPSA) is 69.1 Å². The molecule has 0 unspecified atom stereocenters. The lowest BCUT2D eigenvalue weighted by Crippen LogP contribution is -1.99. The second kappa shape index (κ2) is 4.24. The number of hydrogen-bond donors (Lipinski definition) is 1. The molecule has 0 atom stereocenters. The monoisotopic (exact) mass is 229 g/mol. The summed E-state index contributed by atoms with van der Waals surface area (Å²) in [5, 5.41) is 13.3. The molecule has 0 aromatic carbocycles. The number of aromatic nitrogens is 4. The van der Waals surface area contributed by atoms with Crippen LogP contribution in [0.2, 0.25) is 0 Å². The molecule has 7 heteroatoms. The fourth-order valence-corrected chi connectivity index (χ4v) is 2.36. The maximum atomic E-state index is 5.50. The molecule has 0 fully saturated rings. The summed E-state index contributed by atoms with van der Waals surface area (Å²) in [4.78, 5) is 0.831. The molecule has 0 radical (unpaired) electrons. The molecule has 0 spiro atoms.